The van der Waals surface area contributed by atoms with Gasteiger partial charge in [0.2, 0.25) is 0 Å². The molecule has 13 heavy (non-hydrogen) atoms. The summed E-state index contributed by atoms with van der Waals surface area (Å²) in [6.45, 7) is 5.04. The van der Waals surface area contributed by atoms with E-state index in [1.165, 1.54) is 4.88 Å². The Morgan fingerprint density at radius 3 is 2.69 bits per heavy atom. The molecule has 0 aliphatic rings. The molecule has 1 aromatic heterocycles. The molecule has 2 nitrogen and oxygen atoms in total. The first kappa shape index (κ1) is 10.7. The minimum Gasteiger partial charge on any atom is -0.330 e. The molecule has 1 rings (SSSR count). The second-order valence-electron chi connectivity index (χ2n) is 4.02. The third-order valence-electron chi connectivity index (χ3n) is 2.48. The molecule has 0 saturated heterocycles. The van der Waals surface area contributed by atoms with E-state index in [1.807, 2.05) is 6.07 Å². The van der Waals surface area contributed by atoms with Crippen molar-refractivity contribution in [3.8, 4) is 0 Å². The number of hydrogen-bond donors (Lipinski definition) is 2. The summed E-state index contributed by atoms with van der Waals surface area (Å²) >= 11 is 1.72. The topological polar surface area (TPSA) is 52.0 Å². The van der Waals surface area contributed by atoms with Crippen molar-refractivity contribution < 1.29 is 0 Å². The summed E-state index contributed by atoms with van der Waals surface area (Å²) in [4.78, 5) is 1.25. The van der Waals surface area contributed by atoms with E-state index in [-0.39, 0.29) is 11.5 Å². The highest BCUT2D eigenvalue weighted by Crippen LogP contribution is 2.35. The van der Waals surface area contributed by atoms with Crippen molar-refractivity contribution in [2.45, 2.75) is 26.3 Å². The molecule has 0 amide bonds. The molecule has 1 aromatic rings. The molecule has 0 saturated carbocycles. The van der Waals surface area contributed by atoms with E-state index >= 15 is 0 Å². The van der Waals surface area contributed by atoms with Crippen LogP contribution in [-0.4, -0.2) is 6.54 Å². The molecule has 0 aliphatic carbocycles. The molecular weight excluding hydrogens is 180 g/mol. The molecule has 0 fully saturated rings. The lowest BCUT2D eigenvalue weighted by Crippen LogP contribution is -2.30. The van der Waals surface area contributed by atoms with Crippen molar-refractivity contribution in [2.75, 3.05) is 6.54 Å². The standard InChI is InChI=1S/C10H18N2S/c1-10(2,5-6-11)9(12)8-4-3-7-13-8/h3-4,7,9H,5-6,11-12H2,1-2H3. The molecule has 0 aliphatic heterocycles. The maximum Gasteiger partial charge on any atom is 0.0442 e. The maximum absolute atomic E-state index is 6.16. The summed E-state index contributed by atoms with van der Waals surface area (Å²) in [7, 11) is 0. The highest BCUT2D eigenvalue weighted by Gasteiger charge is 2.27. The van der Waals surface area contributed by atoms with Gasteiger partial charge in [-0.3, -0.25) is 0 Å². The van der Waals surface area contributed by atoms with Gasteiger partial charge in [0.05, 0.1) is 0 Å². The van der Waals surface area contributed by atoms with Crippen molar-refractivity contribution in [1.29, 1.82) is 0 Å². The van der Waals surface area contributed by atoms with Crippen LogP contribution in [0.15, 0.2) is 17.5 Å². The summed E-state index contributed by atoms with van der Waals surface area (Å²) in [5.41, 5.74) is 11.8. The molecule has 0 radical (unpaired) electrons. The summed E-state index contributed by atoms with van der Waals surface area (Å²) < 4.78 is 0. The van der Waals surface area contributed by atoms with Crippen LogP contribution in [0.1, 0.15) is 31.2 Å². The molecule has 1 atom stereocenters. The average molecular weight is 198 g/mol. The van der Waals surface area contributed by atoms with E-state index in [0.717, 1.165) is 6.42 Å². The van der Waals surface area contributed by atoms with Crippen LogP contribution in [-0.2, 0) is 0 Å². The summed E-state index contributed by atoms with van der Waals surface area (Å²) in [6.07, 6.45) is 0.964. The molecule has 4 N–H and O–H groups in total. The fourth-order valence-electron chi connectivity index (χ4n) is 1.38. The van der Waals surface area contributed by atoms with Crippen LogP contribution >= 0.6 is 11.3 Å². The second-order valence-corrected chi connectivity index (χ2v) is 5.00. The second kappa shape index (κ2) is 4.22. The minimum absolute atomic E-state index is 0.0968. The first-order valence-electron chi connectivity index (χ1n) is 4.57. The van der Waals surface area contributed by atoms with Crippen LogP contribution in [0.3, 0.4) is 0 Å². The number of nitrogens with two attached hydrogens (primary N) is 2. The lowest BCUT2D eigenvalue weighted by atomic mass is 9.81. The van der Waals surface area contributed by atoms with E-state index in [4.69, 9.17) is 11.5 Å². The lowest BCUT2D eigenvalue weighted by Gasteiger charge is -2.30. The SMILES string of the molecule is CC(C)(CCN)C(N)c1cccs1. The van der Waals surface area contributed by atoms with Gasteiger partial charge >= 0.3 is 0 Å². The molecule has 3 heteroatoms. The Balaban J connectivity index is 2.71. The van der Waals surface area contributed by atoms with Gasteiger partial charge in [-0.05, 0) is 29.8 Å². The molecule has 1 unspecified atom stereocenters. The third-order valence-corrected chi connectivity index (χ3v) is 3.44. The van der Waals surface area contributed by atoms with Gasteiger partial charge in [0.15, 0.2) is 0 Å². The van der Waals surface area contributed by atoms with Gasteiger partial charge in [0, 0.05) is 10.9 Å². The fourth-order valence-corrected chi connectivity index (χ4v) is 2.32. The highest BCUT2D eigenvalue weighted by molar-refractivity contribution is 7.10. The smallest absolute Gasteiger partial charge is 0.0442 e. The van der Waals surface area contributed by atoms with Gasteiger partial charge in [0.1, 0.15) is 0 Å². The van der Waals surface area contributed by atoms with E-state index in [1.54, 1.807) is 11.3 Å². The first-order chi connectivity index (χ1) is 6.08. The van der Waals surface area contributed by atoms with Crippen LogP contribution < -0.4 is 11.5 Å². The Morgan fingerprint density at radius 1 is 1.54 bits per heavy atom. The Bertz CT molecular complexity index is 241. The largest absolute Gasteiger partial charge is 0.330 e. The first-order valence-corrected chi connectivity index (χ1v) is 5.45. The summed E-state index contributed by atoms with van der Waals surface area (Å²) in [5.74, 6) is 0. The van der Waals surface area contributed by atoms with Crippen LogP contribution in [0.4, 0.5) is 0 Å². The monoisotopic (exact) mass is 198 g/mol. The van der Waals surface area contributed by atoms with Gasteiger partial charge in [0.25, 0.3) is 0 Å². The van der Waals surface area contributed by atoms with Crippen molar-refractivity contribution in [1.82, 2.24) is 0 Å². The molecule has 0 aromatic carbocycles. The lowest BCUT2D eigenvalue weighted by molar-refractivity contribution is 0.274. The number of hydrogen-bond acceptors (Lipinski definition) is 3. The minimum atomic E-state index is 0.0968. The Labute approximate surface area is 83.9 Å². The van der Waals surface area contributed by atoms with Crippen LogP contribution in [0.2, 0.25) is 0 Å². The third kappa shape index (κ3) is 2.53. The highest BCUT2D eigenvalue weighted by atomic mass is 32.1. The summed E-state index contributed by atoms with van der Waals surface area (Å²) in [5, 5.41) is 2.06. The Kier molecular flexibility index (Phi) is 3.47. The zero-order valence-corrected chi connectivity index (χ0v) is 9.10. The van der Waals surface area contributed by atoms with E-state index < -0.39 is 0 Å². The van der Waals surface area contributed by atoms with Crippen molar-refractivity contribution in [2.24, 2.45) is 16.9 Å². The van der Waals surface area contributed by atoms with Gasteiger partial charge < -0.3 is 11.5 Å². The molecule has 0 bridgehead atoms. The van der Waals surface area contributed by atoms with Crippen molar-refractivity contribution >= 4 is 11.3 Å². The van der Waals surface area contributed by atoms with E-state index in [9.17, 15) is 0 Å². The number of rotatable bonds is 4. The molecule has 0 spiro atoms. The number of thiophene rings is 1. The van der Waals surface area contributed by atoms with Gasteiger partial charge in [-0.1, -0.05) is 19.9 Å². The van der Waals surface area contributed by atoms with Gasteiger partial charge in [-0.2, -0.15) is 0 Å². The van der Waals surface area contributed by atoms with Crippen LogP contribution in [0.5, 0.6) is 0 Å². The predicted octanol–water partition coefficient (Wildman–Crippen LogP) is 2.12. The van der Waals surface area contributed by atoms with Crippen molar-refractivity contribution in [3.05, 3.63) is 22.4 Å². The fraction of sp³-hybridized carbons (Fsp3) is 0.600. The molecule has 1 heterocycles. The average Bonchev–Trinajstić information content (AvgIpc) is 2.54. The Morgan fingerprint density at radius 2 is 2.23 bits per heavy atom. The van der Waals surface area contributed by atoms with E-state index in [0.29, 0.717) is 6.54 Å². The quantitative estimate of drug-likeness (QED) is 0.778. The normalized spacial score (nSPS) is 14.5. The van der Waals surface area contributed by atoms with Gasteiger partial charge in [-0.25, -0.2) is 0 Å². The predicted molar refractivity (Wildman–Crippen MR) is 58.7 cm³/mol. The Hall–Kier alpha value is -0.380. The van der Waals surface area contributed by atoms with Crippen molar-refractivity contribution in [3.63, 3.8) is 0 Å². The maximum atomic E-state index is 6.16. The zero-order chi connectivity index (χ0) is 9.90. The van der Waals surface area contributed by atoms with E-state index in [2.05, 4.69) is 25.3 Å². The summed E-state index contributed by atoms with van der Waals surface area (Å²) in [6, 6.07) is 4.24. The zero-order valence-electron chi connectivity index (χ0n) is 8.29. The van der Waals surface area contributed by atoms with Crippen LogP contribution in [0, 0.1) is 5.41 Å². The van der Waals surface area contributed by atoms with Crippen LogP contribution in [0.25, 0.3) is 0 Å². The molecular formula is C10H18N2S. The van der Waals surface area contributed by atoms with Gasteiger partial charge in [-0.15, -0.1) is 11.3 Å². The molecule has 74 valence electrons.